The number of nitrogens with two attached hydrogens (primary N) is 2. The standard InChI is InChI=1S/C20H24N10O12P2S/c21-14-8-15(24-3-23-14)29(4-25-8)18-11(32)12-7(40-18)2-45-44(36,37)42-13-10(31)6(1-38-43(34,35)41-12)39-19(13)30-5-26-9-16(30)27-20(22)28-17(9)33/h3-7,10-13,18-19,31-32H,1-2H2,(H,34,35)(H,36,37)(H2,21,23,24)(H3,22,27,28,33)/t6-,7-,10-,11-,12-,13-,18-,19-/m1/s1. The quantitative estimate of drug-likeness (QED) is 0.116. The molecule has 3 fully saturated rings. The molecule has 0 spiro atoms. The summed E-state index contributed by atoms with van der Waals surface area (Å²) in [4.78, 5) is 56.2. The maximum absolute atomic E-state index is 13.4. The minimum absolute atomic E-state index is 0.0549. The van der Waals surface area contributed by atoms with Crippen LogP contribution in [0.1, 0.15) is 12.5 Å². The largest absolute Gasteiger partial charge is 0.472 e. The summed E-state index contributed by atoms with van der Waals surface area (Å²) in [6, 6.07) is 0. The Kier molecular flexibility index (Phi) is 7.50. The zero-order valence-corrected chi connectivity index (χ0v) is 25.0. The molecule has 0 aromatic carbocycles. The summed E-state index contributed by atoms with van der Waals surface area (Å²) in [7, 11) is -5.02. The lowest BCUT2D eigenvalue weighted by atomic mass is 10.1. The first kappa shape index (κ1) is 30.6. The molecule has 3 saturated heterocycles. The van der Waals surface area contributed by atoms with Gasteiger partial charge in [0.2, 0.25) is 5.95 Å². The van der Waals surface area contributed by atoms with E-state index in [1.807, 2.05) is 0 Å². The molecule has 4 aromatic rings. The van der Waals surface area contributed by atoms with Crippen molar-refractivity contribution in [3.63, 3.8) is 0 Å². The number of imidazole rings is 2. The predicted octanol–water partition coefficient (Wildman–Crippen LogP) is -1.62. The predicted molar refractivity (Wildman–Crippen MR) is 150 cm³/mol. The SMILES string of the molecule is Nc1nc2c(ncn2[C@@H]2O[C@@H]3COP(=O)(O)O[C@H]4[C@@H](O)[C@H](n5cnc6c(N)ncnc65)O[C@@H]4CSP(=O)(O)O[C@@H]2[C@@H]3O)c(=O)[nH]1. The Hall–Kier alpha value is -3.05. The Morgan fingerprint density at radius 1 is 0.911 bits per heavy atom. The number of aliphatic hydroxyl groups excluding tert-OH is 2. The van der Waals surface area contributed by atoms with Crippen LogP contribution >= 0.6 is 26.0 Å². The average Bonchev–Trinajstić information content (AvgIpc) is 3.72. The number of fused-ring (bicyclic) bond motifs is 5. The molecule has 0 amide bonds. The minimum atomic E-state index is -5.02. The number of nitrogens with zero attached hydrogens (tertiary/aromatic N) is 7. The zero-order valence-electron chi connectivity index (χ0n) is 22.4. The molecule has 0 aliphatic carbocycles. The summed E-state index contributed by atoms with van der Waals surface area (Å²) in [5.74, 6) is -0.630. The summed E-state index contributed by atoms with van der Waals surface area (Å²) >= 11 is 0.339. The Morgan fingerprint density at radius 2 is 1.62 bits per heavy atom. The van der Waals surface area contributed by atoms with Crippen molar-refractivity contribution in [2.75, 3.05) is 23.8 Å². The molecule has 4 aromatic heterocycles. The van der Waals surface area contributed by atoms with Crippen LogP contribution in [0.2, 0.25) is 0 Å². The van der Waals surface area contributed by atoms with Crippen molar-refractivity contribution in [1.29, 1.82) is 0 Å². The third-order valence-corrected chi connectivity index (χ3v) is 11.3. The molecule has 9 N–H and O–H groups in total. The van der Waals surface area contributed by atoms with Crippen LogP contribution in [0, 0.1) is 0 Å². The van der Waals surface area contributed by atoms with Crippen LogP contribution in [-0.4, -0.2) is 108 Å². The van der Waals surface area contributed by atoms with E-state index < -0.39 is 81.6 Å². The van der Waals surface area contributed by atoms with Crippen LogP contribution in [-0.2, 0) is 32.2 Å². The second-order valence-electron chi connectivity index (χ2n) is 10.1. The van der Waals surface area contributed by atoms with Crippen LogP contribution in [0.5, 0.6) is 0 Å². The molecule has 3 aliphatic rings. The number of nitrogens with one attached hydrogen (secondary N) is 1. The highest BCUT2D eigenvalue weighted by Gasteiger charge is 2.53. The average molecular weight is 690 g/mol. The van der Waals surface area contributed by atoms with Crippen molar-refractivity contribution in [3.05, 3.63) is 29.3 Å². The number of aliphatic hydroxyl groups is 2. The molecule has 3 aliphatic heterocycles. The lowest BCUT2D eigenvalue weighted by Crippen LogP contribution is -2.36. The molecule has 0 saturated carbocycles. The third kappa shape index (κ3) is 5.43. The first-order valence-electron chi connectivity index (χ1n) is 13.0. The van der Waals surface area contributed by atoms with Crippen molar-refractivity contribution < 1.29 is 52.2 Å². The maximum Gasteiger partial charge on any atom is 0.472 e. The van der Waals surface area contributed by atoms with Gasteiger partial charge in [0.15, 0.2) is 35.1 Å². The normalized spacial score (nSPS) is 37.7. The Balaban J connectivity index is 1.21. The summed E-state index contributed by atoms with van der Waals surface area (Å²) in [6.45, 7) is -5.48. The molecule has 7 rings (SSSR count). The highest BCUT2D eigenvalue weighted by atomic mass is 32.7. The molecule has 45 heavy (non-hydrogen) atoms. The summed E-state index contributed by atoms with van der Waals surface area (Å²) in [5.41, 5.74) is 11.0. The smallest absolute Gasteiger partial charge is 0.387 e. The lowest BCUT2D eigenvalue weighted by Gasteiger charge is -2.25. The number of hydrogen-bond acceptors (Lipinski definition) is 18. The van der Waals surface area contributed by atoms with Gasteiger partial charge in [-0.3, -0.25) is 32.5 Å². The van der Waals surface area contributed by atoms with Crippen molar-refractivity contribution in [2.45, 2.75) is 49.1 Å². The number of aromatic nitrogens is 8. The molecule has 242 valence electrons. The zero-order chi connectivity index (χ0) is 31.8. The Labute approximate surface area is 253 Å². The number of hydrogen-bond donors (Lipinski definition) is 7. The van der Waals surface area contributed by atoms with E-state index in [9.17, 15) is 33.9 Å². The van der Waals surface area contributed by atoms with Crippen molar-refractivity contribution >= 4 is 60.1 Å². The van der Waals surface area contributed by atoms with E-state index in [0.717, 1.165) is 10.9 Å². The van der Waals surface area contributed by atoms with E-state index >= 15 is 0 Å². The summed E-state index contributed by atoms with van der Waals surface area (Å²) in [5, 5.41) is 22.2. The first-order valence-corrected chi connectivity index (χ1v) is 17.6. The van der Waals surface area contributed by atoms with Gasteiger partial charge in [0.1, 0.15) is 42.4 Å². The fourth-order valence-electron chi connectivity index (χ4n) is 5.30. The molecular formula is C20H24N10O12P2S. The van der Waals surface area contributed by atoms with E-state index in [0.29, 0.717) is 11.4 Å². The van der Waals surface area contributed by atoms with E-state index in [-0.39, 0.29) is 34.1 Å². The number of rotatable bonds is 2. The van der Waals surface area contributed by atoms with Gasteiger partial charge in [0.25, 0.3) is 5.56 Å². The van der Waals surface area contributed by atoms with Crippen LogP contribution in [0.25, 0.3) is 22.3 Å². The van der Waals surface area contributed by atoms with Crippen molar-refractivity contribution in [3.8, 4) is 0 Å². The van der Waals surface area contributed by atoms with Gasteiger partial charge in [-0.2, -0.15) is 4.98 Å². The van der Waals surface area contributed by atoms with Gasteiger partial charge < -0.3 is 40.9 Å². The summed E-state index contributed by atoms with van der Waals surface area (Å²) in [6.07, 6.45) is -8.42. The van der Waals surface area contributed by atoms with Gasteiger partial charge in [-0.05, 0) is 11.4 Å². The van der Waals surface area contributed by atoms with Crippen LogP contribution in [0.3, 0.4) is 0 Å². The number of H-pyrrole nitrogens is 1. The fraction of sp³-hybridized carbons (Fsp3) is 0.500. The molecule has 22 nitrogen and oxygen atoms in total. The number of ether oxygens (including phenoxy) is 2. The number of phosphoric ester groups is 1. The number of aromatic amines is 1. The van der Waals surface area contributed by atoms with Crippen LogP contribution in [0.4, 0.5) is 11.8 Å². The Morgan fingerprint density at radius 3 is 2.40 bits per heavy atom. The fourth-order valence-corrected chi connectivity index (χ4v) is 8.95. The molecule has 10 atom stereocenters. The molecular weight excluding hydrogens is 666 g/mol. The van der Waals surface area contributed by atoms with E-state index in [1.54, 1.807) is 0 Å². The van der Waals surface area contributed by atoms with E-state index in [2.05, 4.69) is 29.9 Å². The van der Waals surface area contributed by atoms with Gasteiger partial charge in [-0.1, -0.05) is 0 Å². The molecule has 7 heterocycles. The van der Waals surface area contributed by atoms with Gasteiger partial charge in [-0.25, -0.2) is 29.1 Å². The van der Waals surface area contributed by atoms with Gasteiger partial charge in [0, 0.05) is 5.75 Å². The van der Waals surface area contributed by atoms with Gasteiger partial charge in [0.05, 0.1) is 25.4 Å². The topological polar surface area (TPSA) is 320 Å². The highest BCUT2D eigenvalue weighted by molar-refractivity contribution is 8.54. The number of anilines is 2. The molecule has 0 radical (unpaired) electrons. The lowest BCUT2D eigenvalue weighted by molar-refractivity contribution is -0.0538. The van der Waals surface area contributed by atoms with Crippen LogP contribution < -0.4 is 17.0 Å². The Bertz CT molecular complexity index is 1940. The summed E-state index contributed by atoms with van der Waals surface area (Å²) < 4.78 is 56.6. The second kappa shape index (κ2) is 11.0. The highest BCUT2D eigenvalue weighted by Crippen LogP contribution is 2.60. The number of phosphoric acid groups is 1. The molecule has 25 heteroatoms. The first-order chi connectivity index (χ1) is 21.3. The third-order valence-electron chi connectivity index (χ3n) is 7.32. The molecule has 2 unspecified atom stereocenters. The molecule has 2 bridgehead atoms. The van der Waals surface area contributed by atoms with E-state index in [4.69, 9.17) is 34.5 Å². The minimum Gasteiger partial charge on any atom is -0.387 e. The maximum atomic E-state index is 13.4. The van der Waals surface area contributed by atoms with Crippen LogP contribution in [0.15, 0.2) is 23.8 Å². The van der Waals surface area contributed by atoms with Gasteiger partial charge in [-0.15, -0.1) is 0 Å². The second-order valence-corrected chi connectivity index (χ2v) is 15.4. The van der Waals surface area contributed by atoms with Gasteiger partial charge >= 0.3 is 14.6 Å². The van der Waals surface area contributed by atoms with E-state index in [1.165, 1.54) is 17.2 Å². The van der Waals surface area contributed by atoms with Crippen molar-refractivity contribution in [2.24, 2.45) is 0 Å². The van der Waals surface area contributed by atoms with Crippen molar-refractivity contribution in [1.82, 2.24) is 39.0 Å². The number of nitrogen functional groups attached to an aromatic ring is 2. The monoisotopic (exact) mass is 690 g/mol.